The van der Waals surface area contributed by atoms with Gasteiger partial charge in [0.1, 0.15) is 51.7 Å². The van der Waals surface area contributed by atoms with Gasteiger partial charge in [-0.2, -0.15) is 4.98 Å². The Morgan fingerprint density at radius 1 is 0.830 bits per heavy atom. The van der Waals surface area contributed by atoms with E-state index in [0.29, 0.717) is 10.8 Å². The number of thioether (sulfide) groups is 2. The normalized spacial score (nSPS) is 19.8. The van der Waals surface area contributed by atoms with Gasteiger partial charge in [0.05, 0.1) is 6.61 Å². The van der Waals surface area contributed by atoms with Crippen LogP contribution in [-0.4, -0.2) is 59.8 Å². The largest absolute Gasteiger partial charge is 0.423 e. The molecule has 0 saturated carbocycles. The number of hydrogen-bond acceptors (Lipinski definition) is 14. The summed E-state index contributed by atoms with van der Waals surface area (Å²) < 4.78 is 45.5. The first-order valence-corrected chi connectivity index (χ1v) is 15.9. The molecule has 242 valence electrons. The van der Waals surface area contributed by atoms with E-state index in [4.69, 9.17) is 19.3 Å². The first kappa shape index (κ1) is 31.2. The molecule has 0 aliphatic carbocycles. The fourth-order valence-electron chi connectivity index (χ4n) is 5.23. The quantitative estimate of drug-likeness (QED) is 0.104. The lowest BCUT2D eigenvalue weighted by Gasteiger charge is -2.19. The number of imidazole rings is 1. The monoisotopic (exact) mass is 683 g/mol. The number of halogens is 2. The molecule has 2 aromatic carbocycles. The number of aromatic nitrogens is 4. The Kier molecular flexibility index (Phi) is 8.19. The molecule has 0 radical (unpaired) electrons. The molecule has 6 aromatic rings. The Bertz CT molecular complexity index is 2300. The predicted molar refractivity (Wildman–Crippen MR) is 167 cm³/mol. The zero-order valence-corrected chi connectivity index (χ0v) is 25.5. The number of aliphatic hydroxyl groups is 3. The molecule has 4 atom stereocenters. The minimum absolute atomic E-state index is 0.0208. The minimum Gasteiger partial charge on any atom is -0.423 e. The molecular formula is C30H23F2N5O8S2. The lowest BCUT2D eigenvalue weighted by molar-refractivity contribution is -0.0548. The lowest BCUT2D eigenvalue weighted by Crippen LogP contribution is -2.33. The standard InChI is InChI=1S/C30H23F2N5O8S2/c31-16-1-3-18-12(7-16)5-14(27(41)44-18)10-46-25-21-24(35-29(33)36-25)37(26-23(40)22(39)20(9-38)43-26)30(34-21)47-11-15-6-13-8-17(32)2-4-19(13)45-28(15)42/h1-8,20,22-23,26,38-40H,9-11H2,(H2,33,35,36)/t20-,22-,23-,26-/m1/s1. The van der Waals surface area contributed by atoms with Crippen LogP contribution in [0.15, 0.2) is 77.1 Å². The molecule has 4 aromatic heterocycles. The number of fused-ring (bicyclic) bond motifs is 3. The van der Waals surface area contributed by atoms with Gasteiger partial charge in [-0.25, -0.2) is 28.3 Å². The lowest BCUT2D eigenvalue weighted by atomic mass is 10.1. The summed E-state index contributed by atoms with van der Waals surface area (Å²) >= 11 is 2.10. The van der Waals surface area contributed by atoms with Crippen LogP contribution in [0.2, 0.25) is 0 Å². The zero-order chi connectivity index (χ0) is 33.0. The Morgan fingerprint density at radius 2 is 1.43 bits per heavy atom. The molecular weight excluding hydrogens is 660 g/mol. The predicted octanol–water partition coefficient (Wildman–Crippen LogP) is 3.10. The van der Waals surface area contributed by atoms with Crippen molar-refractivity contribution < 1.29 is 37.7 Å². The molecule has 17 heteroatoms. The molecule has 13 nitrogen and oxygen atoms in total. The average Bonchev–Trinajstić information content (AvgIpc) is 3.54. The van der Waals surface area contributed by atoms with Crippen LogP contribution >= 0.6 is 23.5 Å². The molecule has 0 amide bonds. The highest BCUT2D eigenvalue weighted by atomic mass is 32.2. The molecule has 1 fully saturated rings. The van der Waals surface area contributed by atoms with Crippen LogP contribution in [0.4, 0.5) is 14.7 Å². The number of hydrogen-bond donors (Lipinski definition) is 4. The van der Waals surface area contributed by atoms with Gasteiger partial charge in [-0.05, 0) is 48.5 Å². The number of rotatable bonds is 8. The van der Waals surface area contributed by atoms with E-state index in [1.807, 2.05) is 0 Å². The van der Waals surface area contributed by atoms with Crippen LogP contribution in [0, 0.1) is 11.6 Å². The summed E-state index contributed by atoms with van der Waals surface area (Å²) in [4.78, 5) is 38.7. The van der Waals surface area contributed by atoms with E-state index in [2.05, 4.69) is 15.0 Å². The summed E-state index contributed by atoms with van der Waals surface area (Å²) in [7, 11) is 0. The molecule has 1 aliphatic heterocycles. The summed E-state index contributed by atoms with van der Waals surface area (Å²) in [6, 6.07) is 10.6. The average molecular weight is 684 g/mol. The number of benzene rings is 2. The fraction of sp³-hybridized carbons (Fsp3) is 0.233. The van der Waals surface area contributed by atoms with Crippen molar-refractivity contribution in [2.24, 2.45) is 0 Å². The third-order valence-corrected chi connectivity index (χ3v) is 9.53. The van der Waals surface area contributed by atoms with E-state index in [-0.39, 0.29) is 61.1 Å². The van der Waals surface area contributed by atoms with Crippen LogP contribution in [0.5, 0.6) is 0 Å². The molecule has 1 aliphatic rings. The van der Waals surface area contributed by atoms with Crippen LogP contribution in [0.25, 0.3) is 33.1 Å². The molecule has 0 unspecified atom stereocenters. The van der Waals surface area contributed by atoms with Gasteiger partial charge < -0.3 is 34.6 Å². The van der Waals surface area contributed by atoms with Gasteiger partial charge in [0.25, 0.3) is 0 Å². The number of nitrogen functional groups attached to an aromatic ring is 1. The molecule has 0 bridgehead atoms. The zero-order valence-electron chi connectivity index (χ0n) is 23.9. The smallest absolute Gasteiger partial charge is 0.340 e. The van der Waals surface area contributed by atoms with Gasteiger partial charge in [-0.15, -0.1) is 0 Å². The molecule has 5 heterocycles. The molecule has 5 N–H and O–H groups in total. The van der Waals surface area contributed by atoms with Gasteiger partial charge in [0, 0.05) is 33.4 Å². The van der Waals surface area contributed by atoms with Crippen molar-refractivity contribution >= 4 is 62.6 Å². The van der Waals surface area contributed by atoms with Gasteiger partial charge in [0.2, 0.25) is 5.95 Å². The third kappa shape index (κ3) is 5.85. The Hall–Kier alpha value is -4.39. The first-order valence-electron chi connectivity index (χ1n) is 14.0. The number of nitrogens with two attached hydrogens (primary N) is 1. The molecule has 7 rings (SSSR count). The maximum absolute atomic E-state index is 13.9. The summed E-state index contributed by atoms with van der Waals surface area (Å²) in [6.45, 7) is -0.588. The molecule has 1 saturated heterocycles. The second kappa shape index (κ2) is 12.3. The van der Waals surface area contributed by atoms with Crippen molar-refractivity contribution in [2.75, 3.05) is 12.3 Å². The summed E-state index contributed by atoms with van der Waals surface area (Å²) in [5.41, 5.74) is 5.92. The van der Waals surface area contributed by atoms with Crippen molar-refractivity contribution in [1.29, 1.82) is 0 Å². The highest BCUT2D eigenvalue weighted by Crippen LogP contribution is 2.39. The Labute approximate surface area is 270 Å². The van der Waals surface area contributed by atoms with Crippen molar-refractivity contribution in [3.05, 3.63) is 92.1 Å². The number of aliphatic hydroxyl groups excluding tert-OH is 3. The van der Waals surface area contributed by atoms with Crippen LogP contribution in [0.1, 0.15) is 17.4 Å². The van der Waals surface area contributed by atoms with Gasteiger partial charge >= 0.3 is 11.3 Å². The van der Waals surface area contributed by atoms with E-state index in [1.165, 1.54) is 53.1 Å². The Morgan fingerprint density at radius 3 is 2.00 bits per heavy atom. The third-order valence-electron chi connectivity index (χ3n) is 7.52. The second-order valence-electron chi connectivity index (χ2n) is 10.6. The van der Waals surface area contributed by atoms with E-state index in [9.17, 15) is 33.7 Å². The number of ether oxygens (including phenoxy) is 1. The van der Waals surface area contributed by atoms with Crippen molar-refractivity contribution in [1.82, 2.24) is 19.5 Å². The van der Waals surface area contributed by atoms with Gasteiger partial charge in [0.15, 0.2) is 17.0 Å². The van der Waals surface area contributed by atoms with Crippen molar-refractivity contribution in [2.45, 2.75) is 46.2 Å². The first-order chi connectivity index (χ1) is 22.6. The molecule has 0 spiro atoms. The van der Waals surface area contributed by atoms with Crippen molar-refractivity contribution in [3.8, 4) is 0 Å². The summed E-state index contributed by atoms with van der Waals surface area (Å²) in [5, 5.41) is 32.3. The topological polar surface area (TPSA) is 200 Å². The number of anilines is 1. The number of nitrogens with zero attached hydrogens (tertiary/aromatic N) is 4. The van der Waals surface area contributed by atoms with Crippen LogP contribution < -0.4 is 17.0 Å². The fourth-order valence-corrected chi connectivity index (χ4v) is 7.13. The van der Waals surface area contributed by atoms with E-state index < -0.39 is 54.0 Å². The second-order valence-corrected chi connectivity index (χ2v) is 12.5. The maximum atomic E-state index is 13.9. The van der Waals surface area contributed by atoms with Gasteiger partial charge in [-0.3, -0.25) is 4.57 Å². The highest BCUT2D eigenvalue weighted by molar-refractivity contribution is 7.98. The minimum atomic E-state index is -1.52. The maximum Gasteiger partial charge on any atom is 0.340 e. The Balaban J connectivity index is 1.28. The van der Waals surface area contributed by atoms with E-state index in [0.717, 1.165) is 23.5 Å². The van der Waals surface area contributed by atoms with Crippen LogP contribution in [0.3, 0.4) is 0 Å². The molecule has 47 heavy (non-hydrogen) atoms. The van der Waals surface area contributed by atoms with Gasteiger partial charge in [-0.1, -0.05) is 23.5 Å². The van der Waals surface area contributed by atoms with E-state index in [1.54, 1.807) is 0 Å². The summed E-state index contributed by atoms with van der Waals surface area (Å²) in [5.74, 6) is -1.19. The highest BCUT2D eigenvalue weighted by Gasteiger charge is 2.45. The summed E-state index contributed by atoms with van der Waals surface area (Å²) in [6.07, 6.45) is -5.38. The van der Waals surface area contributed by atoms with Crippen molar-refractivity contribution in [3.63, 3.8) is 0 Å². The SMILES string of the molecule is Nc1nc(SCc2cc3cc(F)ccc3oc2=O)c2nc(SCc3cc4cc(F)ccc4oc3=O)n([C@@H]3O[C@H](CO)[C@@H](O)[C@H]3O)c2n1. The van der Waals surface area contributed by atoms with Crippen LogP contribution in [-0.2, 0) is 16.2 Å². The van der Waals surface area contributed by atoms with E-state index >= 15 is 0 Å².